The molecule has 13 nitrogen and oxygen atoms in total. The number of nitrogens with two attached hydrogens (primary N) is 4. The van der Waals surface area contributed by atoms with Gasteiger partial charge in [0.2, 0.25) is 5.91 Å². The number of aliphatic imine (C=N–C) groups is 4. The van der Waals surface area contributed by atoms with Gasteiger partial charge in [0, 0.05) is 130 Å². The van der Waals surface area contributed by atoms with E-state index >= 15 is 0 Å². The summed E-state index contributed by atoms with van der Waals surface area (Å²) < 4.78 is 238. The molecule has 4 aliphatic heterocycles. The Bertz CT molecular complexity index is 5090. The third kappa shape index (κ3) is 16.8. The first-order valence-electron chi connectivity index (χ1n) is 35.2. The Hall–Kier alpha value is -11.5. The molecule has 0 bridgehead atoms. The molecule has 0 radical (unpaired) electrons. The fourth-order valence-electron chi connectivity index (χ4n) is 14.7. The molecule has 0 saturated heterocycles. The number of likely N-dealkylation sites (N-methyl/N-ethyl adjacent to an activating group) is 4. The summed E-state index contributed by atoms with van der Waals surface area (Å²) in [6.07, 6.45) is -0.315. The van der Waals surface area contributed by atoms with Crippen LogP contribution in [0.4, 0.5) is 74.6 Å². The summed E-state index contributed by atoms with van der Waals surface area (Å²) >= 11 is 0. The lowest BCUT2D eigenvalue weighted by atomic mass is 9.72. The number of guanidine groups is 4. The van der Waals surface area contributed by atoms with Crippen molar-refractivity contribution in [3.05, 3.63) is 320 Å². The minimum atomic E-state index is -3.04. The van der Waals surface area contributed by atoms with Crippen LogP contribution >= 0.6 is 0 Å². The van der Waals surface area contributed by atoms with Crippen molar-refractivity contribution in [3.63, 3.8) is 0 Å². The van der Waals surface area contributed by atoms with Crippen molar-refractivity contribution in [2.24, 2.45) is 42.9 Å². The molecule has 8 aromatic carbocycles. The molecule has 0 fully saturated rings. The maximum absolute atomic E-state index is 14.7. The average molecular weight is 1600 g/mol. The van der Waals surface area contributed by atoms with Crippen LogP contribution in [0.2, 0.25) is 0 Å². The zero-order valence-electron chi connectivity index (χ0n) is 63.9. The number of halogens is 17. The Morgan fingerprint density at radius 3 is 0.930 bits per heavy atom. The van der Waals surface area contributed by atoms with Crippen LogP contribution < -0.4 is 22.9 Å². The minimum absolute atomic E-state index is 0.0202. The number of alkyl halides is 8. The van der Waals surface area contributed by atoms with Crippen molar-refractivity contribution in [2.75, 3.05) is 28.2 Å². The van der Waals surface area contributed by atoms with Crippen molar-refractivity contribution in [1.82, 2.24) is 19.6 Å². The van der Waals surface area contributed by atoms with E-state index in [0.717, 1.165) is 56.0 Å². The summed E-state index contributed by atoms with van der Waals surface area (Å²) in [6.45, 7) is 22.0. The lowest BCUT2D eigenvalue weighted by Crippen LogP contribution is -2.52. The second-order valence-corrected chi connectivity index (χ2v) is 29.1. The molecule has 4 heterocycles. The molecule has 30 heteroatoms. The molecule has 8 N–H and O–H groups in total. The van der Waals surface area contributed by atoms with E-state index in [1.165, 1.54) is 141 Å². The predicted molar refractivity (Wildman–Crippen MR) is 404 cm³/mol. The fourth-order valence-corrected chi connectivity index (χ4v) is 14.7. The maximum Gasteiger partial charge on any atom is 0.273 e. The van der Waals surface area contributed by atoms with Gasteiger partial charge in [-0.1, -0.05) is 142 Å². The first kappa shape index (κ1) is 86.5. The lowest BCUT2D eigenvalue weighted by molar-refractivity contribution is -0.130. The Morgan fingerprint density at radius 2 is 0.623 bits per heavy atom. The monoisotopic (exact) mass is 1600 g/mol. The summed E-state index contributed by atoms with van der Waals surface area (Å²) in [4.78, 5) is 36.2. The Balaban J connectivity index is 0.000000174. The molecular formula is C84H83F17N12O. The van der Waals surface area contributed by atoms with E-state index in [1.54, 1.807) is 52.0 Å². The SMILES string of the molecule is C=C1[C@H](c2ccc(C(C)(F)F)cc2)[C@@](C)(c2c(F)cc(F)cc2F)N=C(N)N1C.C=C1[C@H](c2ccc(C(C)(F)F)cc2)[C@@](C)(c2c(F)cccc2F)N=C(N)N1C.C=C1[C@H](c2ccc(C(F)(F)CC)cc2)[C@@](C)(c2ccc(F)cc2F)N=C(N)N1C.CN1C(=O)[C@H](c2ccc(C(C)(F)F)cc2)[C@@](C)(c2ccc(F)cc2F)N=C1N. The van der Waals surface area contributed by atoms with Crippen molar-refractivity contribution >= 4 is 29.7 Å². The van der Waals surface area contributed by atoms with Gasteiger partial charge in [-0.15, -0.1) is 0 Å². The Labute approximate surface area is 648 Å². The molecular weight excluding hydrogens is 1520 g/mol. The second-order valence-electron chi connectivity index (χ2n) is 29.1. The highest BCUT2D eigenvalue weighted by molar-refractivity contribution is 6.02. The number of hydrogen-bond donors (Lipinski definition) is 4. The van der Waals surface area contributed by atoms with Crippen LogP contribution in [0.3, 0.4) is 0 Å². The number of carbonyl (C=O) groups is 1. The van der Waals surface area contributed by atoms with Gasteiger partial charge in [-0.25, -0.2) is 94.6 Å². The Kier molecular flexibility index (Phi) is 24.2. The van der Waals surface area contributed by atoms with Crippen LogP contribution in [-0.4, -0.2) is 77.5 Å². The molecule has 1 amide bonds. The van der Waals surface area contributed by atoms with E-state index in [0.29, 0.717) is 57.5 Å². The molecule has 4 aliphatic rings. The summed E-state index contributed by atoms with van der Waals surface area (Å²) in [6, 6.07) is 32.9. The van der Waals surface area contributed by atoms with Crippen LogP contribution in [-0.2, 0) is 50.6 Å². The number of carbonyl (C=O) groups excluding carboxylic acids is 1. The molecule has 0 saturated carbocycles. The first-order valence-corrected chi connectivity index (χ1v) is 35.2. The topological polar surface area (TPSA) is 184 Å². The van der Waals surface area contributed by atoms with Gasteiger partial charge in [-0.3, -0.25) is 9.69 Å². The van der Waals surface area contributed by atoms with Crippen molar-refractivity contribution in [2.45, 2.75) is 131 Å². The zero-order valence-corrected chi connectivity index (χ0v) is 63.9. The van der Waals surface area contributed by atoms with Crippen molar-refractivity contribution in [1.29, 1.82) is 0 Å². The van der Waals surface area contributed by atoms with E-state index in [9.17, 15) is 79.4 Å². The first-order chi connectivity index (χ1) is 52.8. The Morgan fingerprint density at radius 1 is 0.360 bits per heavy atom. The molecule has 0 aromatic heterocycles. The van der Waals surface area contributed by atoms with Gasteiger partial charge >= 0.3 is 0 Å². The minimum Gasteiger partial charge on any atom is -0.370 e. The highest BCUT2D eigenvalue weighted by Gasteiger charge is 2.52. The van der Waals surface area contributed by atoms with Crippen LogP contribution in [0.25, 0.3) is 0 Å². The molecule has 0 aliphatic carbocycles. The largest absolute Gasteiger partial charge is 0.370 e. The van der Waals surface area contributed by atoms with Gasteiger partial charge in [0.25, 0.3) is 23.7 Å². The van der Waals surface area contributed by atoms with E-state index in [4.69, 9.17) is 22.9 Å². The maximum atomic E-state index is 14.7. The third-order valence-corrected chi connectivity index (χ3v) is 21.2. The van der Waals surface area contributed by atoms with E-state index in [-0.39, 0.29) is 69.2 Å². The molecule has 8 atom stereocenters. The molecule has 0 spiro atoms. The predicted octanol–water partition coefficient (Wildman–Crippen LogP) is 18.9. The number of rotatable bonds is 13. The number of hydrogen-bond acceptors (Lipinski definition) is 12. The van der Waals surface area contributed by atoms with E-state index in [2.05, 4.69) is 39.7 Å². The lowest BCUT2D eigenvalue weighted by Gasteiger charge is -2.44. The number of nitrogens with zero attached hydrogens (tertiary/aromatic N) is 8. The van der Waals surface area contributed by atoms with Gasteiger partial charge in [0.05, 0.1) is 34.8 Å². The van der Waals surface area contributed by atoms with Crippen LogP contribution in [0.1, 0.15) is 152 Å². The van der Waals surface area contributed by atoms with Crippen LogP contribution in [0, 0.1) is 52.4 Å². The normalized spacial score (nSPS) is 22.8. The number of amides is 1. The van der Waals surface area contributed by atoms with Gasteiger partial charge in [0.15, 0.2) is 23.8 Å². The second kappa shape index (κ2) is 31.8. The zero-order chi connectivity index (χ0) is 85.0. The standard InChI is InChI=1S/C22H23F4N3.C21H20F5N3.C21H21F4N3.C20H19F4N3O/c1-5-22(25,26)15-8-6-14(7-9-15)19-13(2)29(4)20(27)28-21(19,3)17-11-10-16(23)12-18(17)24;1-11-17(12-5-7-13(8-6-12)21(3,25)26)20(2,28-19(27)29(11)4)18-15(23)9-14(22)10-16(18)24;1-12-17(13-8-10-14(11-9-13)21(3,24)25)20(2,27-19(26)28(12)4)18-15(22)6-5-7-16(18)23;1-19(14-9-8-13(21)10-15(14)22)16(17(28)27(3)18(25)26-19)11-4-6-12(7-5-11)20(2,23)24/h6-12,19H,2,5H2,1,3-4H3,(H2,27,28);5-10,17H,1H2,2-4H3,(H2,27,28);5-11,17H,1H2,2-4H3,(H2,26,27);4-10,16H,1-3H3,(H2,25,26)/t19-,21-;2*17-,20+;16-,19+/m1110/s1. The summed E-state index contributed by atoms with van der Waals surface area (Å²) in [5.41, 5.74) is 20.0. The van der Waals surface area contributed by atoms with Gasteiger partial charge < -0.3 is 37.6 Å². The number of benzene rings is 8. The highest BCUT2D eigenvalue weighted by atomic mass is 19.3. The van der Waals surface area contributed by atoms with E-state index in [1.807, 2.05) is 0 Å². The van der Waals surface area contributed by atoms with Gasteiger partial charge in [-0.05, 0) is 74.2 Å². The molecule has 0 unspecified atom stereocenters. The molecule has 8 aromatic rings. The average Bonchev–Trinajstić information content (AvgIpc) is 0.749. The van der Waals surface area contributed by atoms with Crippen LogP contribution in [0.5, 0.6) is 0 Å². The van der Waals surface area contributed by atoms with Crippen molar-refractivity contribution < 1.29 is 79.4 Å². The molecule has 114 heavy (non-hydrogen) atoms. The summed E-state index contributed by atoms with van der Waals surface area (Å²) in [5.74, 6) is -23.6. The fraction of sp³-hybridized carbons (Fsp3) is 0.298. The van der Waals surface area contributed by atoms with E-state index < -0.39 is 133 Å². The third-order valence-electron chi connectivity index (χ3n) is 21.2. The quantitative estimate of drug-likeness (QED) is 0.0822. The van der Waals surface area contributed by atoms with Gasteiger partial charge in [-0.2, -0.15) is 0 Å². The summed E-state index contributed by atoms with van der Waals surface area (Å²) in [7, 11) is 6.32. The molecule has 12 rings (SSSR count). The highest BCUT2D eigenvalue weighted by Crippen LogP contribution is 2.54. The summed E-state index contributed by atoms with van der Waals surface area (Å²) in [5, 5.41) is 0. The van der Waals surface area contributed by atoms with Crippen LogP contribution in [0.15, 0.2) is 221 Å². The molecule has 604 valence electrons. The van der Waals surface area contributed by atoms with Gasteiger partial charge in [0.1, 0.15) is 74.5 Å². The van der Waals surface area contributed by atoms with Crippen molar-refractivity contribution in [3.8, 4) is 0 Å². The smallest absolute Gasteiger partial charge is 0.273 e.